The first-order valence-corrected chi connectivity index (χ1v) is 12.2. The van der Waals surface area contributed by atoms with Crippen LogP contribution in [0.4, 0.5) is 14.5 Å². The molecule has 1 N–H and O–H groups in total. The number of carbonyl (C=O) groups excluding carboxylic acids is 2. The van der Waals surface area contributed by atoms with E-state index in [1.54, 1.807) is 41.3 Å². The maximum absolute atomic E-state index is 13.3. The first-order valence-electron chi connectivity index (χ1n) is 12.2. The molecular formula is C28H25F2N5O3. The van der Waals surface area contributed by atoms with Gasteiger partial charge in [0.25, 0.3) is 0 Å². The molecule has 194 valence electrons. The number of likely N-dealkylation sites (tertiary alicyclic amines) is 1. The Morgan fingerprint density at radius 3 is 2.08 bits per heavy atom. The van der Waals surface area contributed by atoms with E-state index in [2.05, 4.69) is 15.5 Å². The van der Waals surface area contributed by atoms with Crippen LogP contribution in [0.3, 0.4) is 0 Å². The van der Waals surface area contributed by atoms with Crippen molar-refractivity contribution < 1.29 is 23.1 Å². The molecule has 0 bridgehead atoms. The van der Waals surface area contributed by atoms with Crippen molar-refractivity contribution in [3.8, 4) is 11.5 Å². The van der Waals surface area contributed by atoms with Crippen LogP contribution in [0.15, 0.2) is 85.2 Å². The van der Waals surface area contributed by atoms with Gasteiger partial charge in [0, 0.05) is 12.2 Å². The average molecular weight is 518 g/mol. The lowest BCUT2D eigenvalue weighted by Gasteiger charge is -2.23. The minimum Gasteiger partial charge on any atom is -0.457 e. The number of ether oxygens (including phenoxy) is 1. The SMILES string of the molecule is O=C(Nc1ccc(Oc2ccc(F)cc2)cc1)[C@@H]1CC(Cc2ccc(F)cc2)CN1C(=O)Cn1nccn1. The van der Waals surface area contributed by atoms with Crippen LogP contribution < -0.4 is 10.1 Å². The van der Waals surface area contributed by atoms with Gasteiger partial charge >= 0.3 is 0 Å². The standard InChI is InChI=1S/C28H25F2N5O3/c29-21-3-1-19(2-4-21)15-20-16-26(34(17-20)27(36)18-35-31-13-14-32-35)28(37)33-23-7-11-25(12-8-23)38-24-9-5-22(30)6-10-24/h1-14,20,26H,15-18H2,(H,33,37)/t20?,26-/m0/s1. The summed E-state index contributed by atoms with van der Waals surface area (Å²) in [6.45, 7) is 0.315. The van der Waals surface area contributed by atoms with Crippen molar-refractivity contribution >= 4 is 17.5 Å². The summed E-state index contributed by atoms with van der Waals surface area (Å²) >= 11 is 0. The number of carbonyl (C=O) groups is 2. The highest BCUT2D eigenvalue weighted by atomic mass is 19.1. The highest BCUT2D eigenvalue weighted by Crippen LogP contribution is 2.29. The number of aromatic nitrogens is 3. The fourth-order valence-corrected chi connectivity index (χ4v) is 4.56. The maximum Gasteiger partial charge on any atom is 0.247 e. The minimum atomic E-state index is -0.682. The normalized spacial score (nSPS) is 16.8. The number of benzene rings is 3. The molecule has 1 unspecified atom stereocenters. The van der Waals surface area contributed by atoms with Gasteiger partial charge in [-0.3, -0.25) is 9.59 Å². The third kappa shape index (κ3) is 6.20. The van der Waals surface area contributed by atoms with Crippen LogP contribution in [0.2, 0.25) is 0 Å². The third-order valence-electron chi connectivity index (χ3n) is 6.36. The second-order valence-electron chi connectivity index (χ2n) is 9.12. The van der Waals surface area contributed by atoms with E-state index < -0.39 is 6.04 Å². The lowest BCUT2D eigenvalue weighted by Crippen LogP contribution is -2.44. The van der Waals surface area contributed by atoms with E-state index in [9.17, 15) is 18.4 Å². The summed E-state index contributed by atoms with van der Waals surface area (Å²) < 4.78 is 32.1. The summed E-state index contributed by atoms with van der Waals surface area (Å²) in [5.41, 5.74) is 1.49. The van der Waals surface area contributed by atoms with Crippen LogP contribution in [-0.2, 0) is 22.6 Å². The largest absolute Gasteiger partial charge is 0.457 e. The monoisotopic (exact) mass is 517 g/mol. The van der Waals surface area contributed by atoms with Gasteiger partial charge in [-0.25, -0.2) is 8.78 Å². The molecule has 1 fully saturated rings. The first kappa shape index (κ1) is 25.1. The van der Waals surface area contributed by atoms with Crippen molar-refractivity contribution in [2.75, 3.05) is 11.9 Å². The number of rotatable bonds is 8. The van der Waals surface area contributed by atoms with E-state index in [-0.39, 0.29) is 35.9 Å². The van der Waals surface area contributed by atoms with E-state index in [1.165, 1.54) is 53.6 Å². The van der Waals surface area contributed by atoms with Crippen LogP contribution in [0.5, 0.6) is 11.5 Å². The summed E-state index contributed by atoms with van der Waals surface area (Å²) in [5, 5.41) is 10.9. The van der Waals surface area contributed by atoms with Crippen LogP contribution in [-0.4, -0.2) is 44.3 Å². The summed E-state index contributed by atoms with van der Waals surface area (Å²) in [4.78, 5) is 29.3. The molecule has 5 rings (SSSR count). The Kier molecular flexibility index (Phi) is 7.39. The molecule has 1 aromatic heterocycles. The Labute approximate surface area is 217 Å². The molecule has 2 heterocycles. The van der Waals surface area contributed by atoms with Gasteiger partial charge < -0.3 is 15.0 Å². The van der Waals surface area contributed by atoms with Crippen molar-refractivity contribution in [1.82, 2.24) is 19.9 Å². The number of anilines is 1. The van der Waals surface area contributed by atoms with Crippen LogP contribution >= 0.6 is 0 Å². The number of nitrogens with one attached hydrogen (secondary N) is 1. The Hall–Kier alpha value is -4.60. The molecule has 38 heavy (non-hydrogen) atoms. The number of hydrogen-bond donors (Lipinski definition) is 1. The molecule has 3 aromatic carbocycles. The molecular weight excluding hydrogens is 492 g/mol. The topological polar surface area (TPSA) is 89.4 Å². The Morgan fingerprint density at radius 1 is 0.868 bits per heavy atom. The van der Waals surface area contributed by atoms with Crippen molar-refractivity contribution in [2.45, 2.75) is 25.4 Å². The highest BCUT2D eigenvalue weighted by Gasteiger charge is 2.39. The van der Waals surface area contributed by atoms with Gasteiger partial charge in [-0.05, 0) is 85.0 Å². The smallest absolute Gasteiger partial charge is 0.247 e. The zero-order valence-corrected chi connectivity index (χ0v) is 20.3. The van der Waals surface area contributed by atoms with Gasteiger partial charge in [-0.2, -0.15) is 15.0 Å². The Bertz CT molecular complexity index is 1380. The van der Waals surface area contributed by atoms with E-state index in [0.717, 1.165) is 5.56 Å². The molecule has 0 spiro atoms. The predicted octanol–water partition coefficient (Wildman–Crippen LogP) is 4.45. The molecule has 2 amide bonds. The molecule has 1 saturated heterocycles. The number of nitrogens with zero attached hydrogens (tertiary/aromatic N) is 4. The first-order chi connectivity index (χ1) is 18.4. The minimum absolute atomic E-state index is 0.0252. The summed E-state index contributed by atoms with van der Waals surface area (Å²) in [6, 6.07) is 18.0. The van der Waals surface area contributed by atoms with Crippen molar-refractivity contribution in [3.63, 3.8) is 0 Å². The quantitative estimate of drug-likeness (QED) is 0.373. The Balaban J connectivity index is 1.26. The summed E-state index contributed by atoms with van der Waals surface area (Å²) in [5.74, 6) is -0.185. The van der Waals surface area contributed by atoms with Crippen molar-refractivity contribution in [1.29, 1.82) is 0 Å². The van der Waals surface area contributed by atoms with Gasteiger partial charge in [-0.1, -0.05) is 12.1 Å². The molecule has 0 aliphatic carbocycles. The third-order valence-corrected chi connectivity index (χ3v) is 6.36. The Morgan fingerprint density at radius 2 is 1.45 bits per heavy atom. The van der Waals surface area contributed by atoms with Gasteiger partial charge in [-0.15, -0.1) is 0 Å². The summed E-state index contributed by atoms with van der Waals surface area (Å²) in [7, 11) is 0. The fourth-order valence-electron chi connectivity index (χ4n) is 4.56. The average Bonchev–Trinajstić information content (AvgIpc) is 3.58. The van der Waals surface area contributed by atoms with Crippen molar-refractivity contribution in [3.05, 3.63) is 102 Å². The second-order valence-corrected chi connectivity index (χ2v) is 9.12. The molecule has 4 aromatic rings. The van der Waals surface area contributed by atoms with Crippen molar-refractivity contribution in [2.24, 2.45) is 5.92 Å². The van der Waals surface area contributed by atoms with Gasteiger partial charge in [0.2, 0.25) is 11.8 Å². The van der Waals surface area contributed by atoms with Gasteiger partial charge in [0.05, 0.1) is 12.4 Å². The number of amides is 2. The zero-order chi connectivity index (χ0) is 26.5. The fraction of sp³-hybridized carbons (Fsp3) is 0.214. The maximum atomic E-state index is 13.3. The second kappa shape index (κ2) is 11.2. The van der Waals surface area contributed by atoms with Crippen LogP contribution in [0, 0.1) is 17.6 Å². The molecule has 2 atom stereocenters. The predicted molar refractivity (Wildman–Crippen MR) is 135 cm³/mol. The zero-order valence-electron chi connectivity index (χ0n) is 20.3. The van der Waals surface area contributed by atoms with Crippen LogP contribution in [0.1, 0.15) is 12.0 Å². The lowest BCUT2D eigenvalue weighted by atomic mass is 9.96. The molecule has 10 heteroatoms. The molecule has 1 aliphatic rings. The number of hydrogen-bond acceptors (Lipinski definition) is 5. The lowest BCUT2D eigenvalue weighted by molar-refractivity contribution is -0.137. The van der Waals surface area contributed by atoms with E-state index in [1.807, 2.05) is 0 Å². The molecule has 0 radical (unpaired) electrons. The highest BCUT2D eigenvalue weighted by molar-refractivity contribution is 5.97. The van der Waals surface area contributed by atoms with Crippen LogP contribution in [0.25, 0.3) is 0 Å². The molecule has 1 aliphatic heterocycles. The van der Waals surface area contributed by atoms with E-state index >= 15 is 0 Å². The summed E-state index contributed by atoms with van der Waals surface area (Å²) in [6.07, 6.45) is 4.06. The molecule has 0 saturated carbocycles. The number of halogens is 2. The van der Waals surface area contributed by atoms with Gasteiger partial charge in [0.1, 0.15) is 35.7 Å². The van der Waals surface area contributed by atoms with E-state index in [0.29, 0.717) is 36.6 Å². The van der Waals surface area contributed by atoms with E-state index in [4.69, 9.17) is 4.74 Å². The van der Waals surface area contributed by atoms with Gasteiger partial charge in [0.15, 0.2) is 0 Å². The molecule has 8 nitrogen and oxygen atoms in total.